The van der Waals surface area contributed by atoms with Crippen molar-refractivity contribution in [2.75, 3.05) is 38.5 Å². The summed E-state index contributed by atoms with van der Waals surface area (Å²) in [5.41, 5.74) is 6.06. The molecule has 3 heterocycles. The van der Waals surface area contributed by atoms with Gasteiger partial charge < -0.3 is 10.6 Å². The molecule has 3 aliphatic heterocycles. The minimum atomic E-state index is -3.28. The van der Waals surface area contributed by atoms with Crippen LogP contribution in [0.25, 0.3) is 0 Å². The van der Waals surface area contributed by atoms with Crippen molar-refractivity contribution in [1.82, 2.24) is 14.5 Å². The highest BCUT2D eigenvalue weighted by atomic mass is 32.2. The van der Waals surface area contributed by atoms with Crippen molar-refractivity contribution >= 4 is 27.6 Å². The second kappa shape index (κ2) is 11.5. The highest BCUT2D eigenvalue weighted by molar-refractivity contribution is 8.05. The third-order valence-electron chi connectivity index (χ3n) is 8.58. The van der Waals surface area contributed by atoms with Crippen molar-refractivity contribution in [3.05, 3.63) is 46.0 Å². The number of carbonyl (C=O) groups excluding carboxylic acids is 1. The van der Waals surface area contributed by atoms with Gasteiger partial charge in [0.1, 0.15) is 11.6 Å². The van der Waals surface area contributed by atoms with Crippen LogP contribution in [0.15, 0.2) is 28.8 Å². The maximum absolute atomic E-state index is 14.3. The monoisotopic (exact) mass is 568 g/mol. The number of thioether (sulfide) groups is 1. The molecule has 1 saturated carbocycles. The van der Waals surface area contributed by atoms with E-state index in [2.05, 4.69) is 10.2 Å². The standard InChI is InChI=1S/C27H38F2N4O3S2/c28-21-6-4-7-22(29)24(21)25(34)26-23(30)18-19-8-11-27(19,37-26)31-20-9-15-33(16-10-20)38(35,36)17-5-14-32-12-2-1-3-13-32/h4,6-7,19-20,31H,1-3,5,8-18,30H2. The van der Waals surface area contributed by atoms with Gasteiger partial charge in [-0.1, -0.05) is 24.2 Å². The zero-order valence-corrected chi connectivity index (χ0v) is 23.4. The van der Waals surface area contributed by atoms with Crippen LogP contribution in [-0.4, -0.2) is 72.8 Å². The Balaban J connectivity index is 1.17. The Bertz CT molecular complexity index is 1160. The molecule has 5 rings (SSSR count). The Hall–Kier alpha value is -1.53. The van der Waals surface area contributed by atoms with Crippen LogP contribution in [0.1, 0.15) is 68.1 Å². The number of Topliss-reactive ketones (excluding diaryl/α,β-unsaturated/α-hetero) is 1. The first kappa shape index (κ1) is 28.0. The van der Waals surface area contributed by atoms with Crippen molar-refractivity contribution in [3.8, 4) is 0 Å². The predicted molar refractivity (Wildman–Crippen MR) is 146 cm³/mol. The molecule has 7 nitrogen and oxygen atoms in total. The quantitative estimate of drug-likeness (QED) is 0.438. The number of fused-ring (bicyclic) bond motifs is 1. The first-order chi connectivity index (χ1) is 18.2. The summed E-state index contributed by atoms with van der Waals surface area (Å²) in [5.74, 6) is -2.08. The van der Waals surface area contributed by atoms with E-state index < -0.39 is 37.9 Å². The van der Waals surface area contributed by atoms with Gasteiger partial charge in [0.2, 0.25) is 15.8 Å². The van der Waals surface area contributed by atoms with Gasteiger partial charge in [-0.25, -0.2) is 21.5 Å². The lowest BCUT2D eigenvalue weighted by Crippen LogP contribution is -2.62. The minimum absolute atomic E-state index is 0.103. The van der Waals surface area contributed by atoms with E-state index in [1.165, 1.54) is 37.1 Å². The fraction of sp³-hybridized carbons (Fsp3) is 0.667. The minimum Gasteiger partial charge on any atom is -0.401 e. The topological polar surface area (TPSA) is 95.7 Å². The summed E-state index contributed by atoms with van der Waals surface area (Å²) in [4.78, 5) is 15.3. The number of nitrogens with two attached hydrogens (primary N) is 1. The van der Waals surface area contributed by atoms with Gasteiger partial charge in [0.15, 0.2) is 0 Å². The number of nitrogens with zero attached hydrogens (tertiary/aromatic N) is 2. The van der Waals surface area contributed by atoms with E-state index in [0.717, 1.165) is 44.6 Å². The third-order valence-corrected chi connectivity index (χ3v) is 12.2. The molecule has 11 heteroatoms. The van der Waals surface area contributed by atoms with Gasteiger partial charge in [0.25, 0.3) is 0 Å². The fourth-order valence-electron chi connectivity index (χ4n) is 6.26. The molecule has 2 saturated heterocycles. The third kappa shape index (κ3) is 5.82. The zero-order chi connectivity index (χ0) is 26.9. The van der Waals surface area contributed by atoms with Crippen LogP contribution in [-0.2, 0) is 10.0 Å². The normalized spacial score (nSPS) is 27.7. The van der Waals surface area contributed by atoms with Gasteiger partial charge in [-0.05, 0) is 89.1 Å². The van der Waals surface area contributed by atoms with Gasteiger partial charge in [0.05, 0.1) is 21.1 Å². The largest absolute Gasteiger partial charge is 0.401 e. The number of sulfonamides is 1. The second-order valence-corrected chi connectivity index (χ2v) is 14.5. The number of benzene rings is 1. The van der Waals surface area contributed by atoms with Crippen LogP contribution >= 0.6 is 11.8 Å². The molecule has 4 aliphatic rings. The van der Waals surface area contributed by atoms with E-state index >= 15 is 0 Å². The number of hydrogen-bond donors (Lipinski definition) is 2. The average molecular weight is 569 g/mol. The van der Waals surface area contributed by atoms with Crippen molar-refractivity contribution in [1.29, 1.82) is 0 Å². The number of likely N-dealkylation sites (tertiary alicyclic amines) is 1. The molecule has 210 valence electrons. The summed E-state index contributed by atoms with van der Waals surface area (Å²) in [7, 11) is -3.28. The van der Waals surface area contributed by atoms with Crippen molar-refractivity contribution in [2.24, 2.45) is 11.7 Å². The predicted octanol–water partition coefficient (Wildman–Crippen LogP) is 3.82. The SMILES string of the molecule is NC1=C(C(=O)c2c(F)cccc2F)SC2(NC3CCN(S(=O)(=O)CCCN4CCCCC4)CC3)CCC2C1. The smallest absolute Gasteiger partial charge is 0.214 e. The van der Waals surface area contributed by atoms with Gasteiger partial charge in [0, 0.05) is 24.8 Å². The lowest BCUT2D eigenvalue weighted by atomic mass is 9.74. The first-order valence-electron chi connectivity index (χ1n) is 13.8. The van der Waals surface area contributed by atoms with Gasteiger partial charge in [-0.2, -0.15) is 0 Å². The number of piperidine rings is 2. The molecule has 2 unspecified atom stereocenters. The van der Waals surface area contributed by atoms with Crippen molar-refractivity contribution in [2.45, 2.75) is 68.7 Å². The molecular formula is C27H38F2N4O3S2. The molecule has 0 spiro atoms. The van der Waals surface area contributed by atoms with Gasteiger partial charge >= 0.3 is 0 Å². The van der Waals surface area contributed by atoms with Crippen molar-refractivity contribution in [3.63, 3.8) is 0 Å². The van der Waals surface area contributed by atoms with E-state index in [1.54, 1.807) is 4.31 Å². The number of allylic oxidation sites excluding steroid dienone is 2. The zero-order valence-electron chi connectivity index (χ0n) is 21.8. The number of halogens is 2. The number of hydrogen-bond acceptors (Lipinski definition) is 7. The molecule has 1 aromatic carbocycles. The van der Waals surface area contributed by atoms with Crippen LogP contribution in [0.5, 0.6) is 0 Å². The maximum Gasteiger partial charge on any atom is 0.214 e. The second-order valence-electron chi connectivity index (χ2n) is 11.1. The fourth-order valence-corrected chi connectivity index (χ4v) is 9.37. The molecule has 0 bridgehead atoms. The Labute approximate surface area is 228 Å². The Morgan fingerprint density at radius 3 is 2.39 bits per heavy atom. The number of rotatable bonds is 9. The number of ketones is 1. The molecule has 3 N–H and O–H groups in total. The average Bonchev–Trinajstić information content (AvgIpc) is 2.89. The Morgan fingerprint density at radius 2 is 1.76 bits per heavy atom. The van der Waals surface area contributed by atoms with E-state index in [0.29, 0.717) is 44.5 Å². The molecule has 0 radical (unpaired) electrons. The van der Waals surface area contributed by atoms with E-state index in [-0.39, 0.29) is 22.6 Å². The molecule has 0 aromatic heterocycles. The lowest BCUT2D eigenvalue weighted by Gasteiger charge is -2.54. The Morgan fingerprint density at radius 1 is 1.08 bits per heavy atom. The van der Waals surface area contributed by atoms with Crippen LogP contribution in [0, 0.1) is 17.6 Å². The highest BCUT2D eigenvalue weighted by Gasteiger charge is 2.53. The summed E-state index contributed by atoms with van der Waals surface area (Å²) in [6, 6.07) is 3.50. The number of nitrogens with one attached hydrogen (secondary N) is 1. The van der Waals surface area contributed by atoms with Gasteiger partial charge in [-0.3, -0.25) is 10.1 Å². The van der Waals surface area contributed by atoms with E-state index in [9.17, 15) is 22.0 Å². The van der Waals surface area contributed by atoms with Crippen LogP contribution in [0.4, 0.5) is 8.78 Å². The molecule has 1 aromatic rings. The summed E-state index contributed by atoms with van der Waals surface area (Å²) >= 11 is 1.31. The van der Waals surface area contributed by atoms with Crippen LogP contribution in [0.3, 0.4) is 0 Å². The lowest BCUT2D eigenvalue weighted by molar-refractivity contribution is 0.102. The maximum atomic E-state index is 14.3. The molecule has 1 aliphatic carbocycles. The summed E-state index contributed by atoms with van der Waals surface area (Å²) in [6.07, 6.45) is 7.98. The van der Waals surface area contributed by atoms with Crippen LogP contribution < -0.4 is 11.1 Å². The van der Waals surface area contributed by atoms with Gasteiger partial charge in [-0.15, -0.1) is 0 Å². The summed E-state index contributed by atoms with van der Waals surface area (Å²) in [5, 5.41) is 3.72. The summed E-state index contributed by atoms with van der Waals surface area (Å²) < 4.78 is 56.2. The highest BCUT2D eigenvalue weighted by Crippen LogP contribution is 2.56. The van der Waals surface area contributed by atoms with Crippen LogP contribution in [0.2, 0.25) is 0 Å². The number of carbonyl (C=O) groups is 1. The molecule has 0 amide bonds. The first-order valence-corrected chi connectivity index (χ1v) is 16.3. The molecule has 3 fully saturated rings. The summed E-state index contributed by atoms with van der Waals surface area (Å²) in [6.45, 7) is 3.92. The molecular weight excluding hydrogens is 530 g/mol. The van der Waals surface area contributed by atoms with E-state index in [4.69, 9.17) is 5.73 Å². The van der Waals surface area contributed by atoms with E-state index in [1.807, 2.05) is 0 Å². The van der Waals surface area contributed by atoms with Crippen molar-refractivity contribution < 1.29 is 22.0 Å². The molecule has 2 atom stereocenters. The molecule has 38 heavy (non-hydrogen) atoms. The Kier molecular flexibility index (Phi) is 8.50.